The molecule has 1 unspecified atom stereocenters. The second-order valence-corrected chi connectivity index (χ2v) is 6.97. The molecule has 1 aliphatic heterocycles. The van der Waals surface area contributed by atoms with E-state index in [9.17, 15) is 5.11 Å². The van der Waals surface area contributed by atoms with Crippen molar-refractivity contribution in [3.8, 4) is 39.9 Å². The van der Waals surface area contributed by atoms with Gasteiger partial charge in [0.2, 0.25) is 5.75 Å². The molecule has 1 atom stereocenters. The lowest BCUT2D eigenvalue weighted by atomic mass is 9.75. The predicted octanol–water partition coefficient (Wildman–Crippen LogP) is 3.18. The molecular weight excluding hydrogens is 346 g/mol. The number of likely N-dealkylation sites (N-methyl/N-ethyl adjacent to an activating group) is 1. The van der Waals surface area contributed by atoms with Crippen molar-refractivity contribution in [2.24, 2.45) is 0 Å². The lowest BCUT2D eigenvalue weighted by Crippen LogP contribution is -2.36. The molecule has 0 aromatic heterocycles. The van der Waals surface area contributed by atoms with Crippen molar-refractivity contribution in [3.05, 3.63) is 28.8 Å². The number of phenols is 1. The third-order valence-corrected chi connectivity index (χ3v) is 5.81. The van der Waals surface area contributed by atoms with E-state index in [2.05, 4.69) is 18.0 Å². The Bertz CT molecular complexity index is 908. The summed E-state index contributed by atoms with van der Waals surface area (Å²) in [6.45, 7) is 0.921. The Morgan fingerprint density at radius 2 is 1.63 bits per heavy atom. The maximum atomic E-state index is 11.2. The van der Waals surface area contributed by atoms with Gasteiger partial charge in [-0.25, -0.2) is 0 Å². The Kier molecular flexibility index (Phi) is 4.30. The van der Waals surface area contributed by atoms with Gasteiger partial charge in [0.1, 0.15) is 0 Å². The van der Waals surface area contributed by atoms with Gasteiger partial charge in [0.25, 0.3) is 0 Å². The van der Waals surface area contributed by atoms with Gasteiger partial charge in [0.15, 0.2) is 23.0 Å². The number of methoxy groups -OCH3 is 4. The van der Waals surface area contributed by atoms with Crippen molar-refractivity contribution in [2.45, 2.75) is 18.9 Å². The molecule has 0 fully saturated rings. The smallest absolute Gasteiger partial charge is 0.204 e. The maximum Gasteiger partial charge on any atom is 0.204 e. The minimum Gasteiger partial charge on any atom is -0.504 e. The Hall–Kier alpha value is -2.60. The van der Waals surface area contributed by atoms with Crippen LogP contribution in [0.15, 0.2) is 12.1 Å². The summed E-state index contributed by atoms with van der Waals surface area (Å²) in [4.78, 5) is 2.33. The van der Waals surface area contributed by atoms with Gasteiger partial charge in [-0.1, -0.05) is 6.07 Å². The van der Waals surface area contributed by atoms with Crippen molar-refractivity contribution >= 4 is 0 Å². The van der Waals surface area contributed by atoms with E-state index in [-0.39, 0.29) is 11.8 Å². The summed E-state index contributed by atoms with van der Waals surface area (Å²) in [7, 11) is 8.54. The van der Waals surface area contributed by atoms with E-state index in [1.165, 1.54) is 0 Å². The number of ether oxygens (including phenoxy) is 4. The number of phenolic OH excluding ortho intramolecular Hbond substituents is 1. The molecule has 0 bridgehead atoms. The monoisotopic (exact) mass is 371 g/mol. The molecule has 4 rings (SSSR count). The second kappa shape index (κ2) is 6.53. The largest absolute Gasteiger partial charge is 0.504 e. The van der Waals surface area contributed by atoms with Gasteiger partial charge < -0.3 is 24.1 Å². The molecular formula is C21H25NO5. The third kappa shape index (κ3) is 2.36. The highest BCUT2D eigenvalue weighted by Gasteiger charge is 2.40. The number of hydrogen-bond donors (Lipinski definition) is 1. The molecule has 27 heavy (non-hydrogen) atoms. The predicted molar refractivity (Wildman–Crippen MR) is 103 cm³/mol. The highest BCUT2D eigenvalue weighted by atomic mass is 16.5. The van der Waals surface area contributed by atoms with Crippen LogP contribution in [0.3, 0.4) is 0 Å². The minimum absolute atomic E-state index is 0.0842. The first-order chi connectivity index (χ1) is 13.1. The molecule has 1 aliphatic carbocycles. The fourth-order valence-electron chi connectivity index (χ4n) is 4.58. The van der Waals surface area contributed by atoms with Gasteiger partial charge in [-0.15, -0.1) is 0 Å². The normalized spacial score (nSPS) is 17.7. The Labute approximate surface area is 159 Å². The molecule has 1 N–H and O–H groups in total. The molecule has 144 valence electrons. The zero-order valence-electron chi connectivity index (χ0n) is 16.4. The van der Waals surface area contributed by atoms with E-state index in [0.717, 1.165) is 47.2 Å². The highest BCUT2D eigenvalue weighted by molar-refractivity contribution is 5.90. The average Bonchev–Trinajstić information content (AvgIpc) is 2.69. The average molecular weight is 371 g/mol. The highest BCUT2D eigenvalue weighted by Crippen LogP contribution is 2.59. The van der Waals surface area contributed by atoms with E-state index >= 15 is 0 Å². The molecule has 0 spiro atoms. The van der Waals surface area contributed by atoms with E-state index in [1.807, 2.05) is 6.07 Å². The first kappa shape index (κ1) is 17.8. The van der Waals surface area contributed by atoms with Gasteiger partial charge in [-0.3, -0.25) is 4.90 Å². The van der Waals surface area contributed by atoms with Crippen molar-refractivity contribution in [3.63, 3.8) is 0 Å². The topological polar surface area (TPSA) is 60.4 Å². The van der Waals surface area contributed by atoms with Crippen molar-refractivity contribution in [2.75, 3.05) is 42.0 Å². The standard InChI is InChI=1S/C21H25NO5/c1-22-9-8-12-16-13(22)10-11-6-7-14(24-2)20(26-4)15(11)17(16)18(23)21(27-5)19(12)25-3/h6-7,13,23H,8-10H2,1-5H3. The quantitative estimate of drug-likeness (QED) is 0.891. The van der Waals surface area contributed by atoms with Crippen LogP contribution in [0.25, 0.3) is 11.1 Å². The van der Waals surface area contributed by atoms with Crippen LogP contribution in [-0.2, 0) is 12.8 Å². The van der Waals surface area contributed by atoms with E-state index in [4.69, 9.17) is 18.9 Å². The summed E-state index contributed by atoms with van der Waals surface area (Å²) in [6, 6.07) is 4.14. The Morgan fingerprint density at radius 3 is 2.26 bits per heavy atom. The number of nitrogens with zero attached hydrogens (tertiary/aromatic N) is 1. The van der Waals surface area contributed by atoms with Crippen LogP contribution in [0, 0.1) is 0 Å². The first-order valence-electron chi connectivity index (χ1n) is 9.01. The summed E-state index contributed by atoms with van der Waals surface area (Å²) in [5.41, 5.74) is 4.94. The summed E-state index contributed by atoms with van der Waals surface area (Å²) >= 11 is 0. The number of hydrogen-bond acceptors (Lipinski definition) is 6. The summed E-state index contributed by atoms with van der Waals surface area (Å²) in [5, 5.41) is 11.2. The molecule has 1 heterocycles. The van der Waals surface area contributed by atoms with Crippen LogP contribution in [0.2, 0.25) is 0 Å². The third-order valence-electron chi connectivity index (χ3n) is 5.81. The van der Waals surface area contributed by atoms with Gasteiger partial charge in [-0.05, 0) is 37.1 Å². The van der Waals surface area contributed by atoms with Crippen LogP contribution < -0.4 is 18.9 Å². The van der Waals surface area contributed by atoms with Crippen LogP contribution in [0.4, 0.5) is 0 Å². The fourth-order valence-corrected chi connectivity index (χ4v) is 4.58. The molecule has 2 aliphatic rings. The van der Waals surface area contributed by atoms with E-state index in [0.29, 0.717) is 23.0 Å². The van der Waals surface area contributed by atoms with Crippen molar-refractivity contribution in [1.29, 1.82) is 0 Å². The zero-order chi connectivity index (χ0) is 19.3. The van der Waals surface area contributed by atoms with Crippen LogP contribution in [0.1, 0.15) is 22.7 Å². The minimum atomic E-state index is 0.0842. The molecule has 0 saturated carbocycles. The number of rotatable bonds is 4. The first-order valence-corrected chi connectivity index (χ1v) is 9.01. The van der Waals surface area contributed by atoms with Gasteiger partial charge in [0.05, 0.1) is 28.4 Å². The van der Waals surface area contributed by atoms with E-state index < -0.39 is 0 Å². The van der Waals surface area contributed by atoms with Crippen LogP contribution in [0.5, 0.6) is 28.7 Å². The summed E-state index contributed by atoms with van der Waals surface area (Å²) < 4.78 is 22.4. The Balaban J connectivity index is 2.14. The van der Waals surface area contributed by atoms with Gasteiger partial charge >= 0.3 is 0 Å². The molecule has 2 aromatic rings. The summed E-state index contributed by atoms with van der Waals surface area (Å²) in [5.74, 6) is 2.35. The number of benzene rings is 2. The van der Waals surface area contributed by atoms with E-state index in [1.54, 1.807) is 28.4 Å². The SMILES string of the molecule is COc1ccc2c(c1OC)-c1c(O)c(OC)c(OC)c3c1C(C2)N(C)CC3. The molecule has 0 saturated heterocycles. The lowest BCUT2D eigenvalue weighted by Gasteiger charge is -2.41. The maximum absolute atomic E-state index is 11.2. The lowest BCUT2D eigenvalue weighted by molar-refractivity contribution is 0.222. The fraction of sp³-hybridized carbons (Fsp3) is 0.429. The van der Waals surface area contributed by atoms with Crippen LogP contribution in [-0.4, -0.2) is 52.0 Å². The Morgan fingerprint density at radius 1 is 0.926 bits per heavy atom. The van der Waals surface area contributed by atoms with Crippen molar-refractivity contribution in [1.82, 2.24) is 4.90 Å². The van der Waals surface area contributed by atoms with Crippen molar-refractivity contribution < 1.29 is 24.1 Å². The molecule has 0 radical (unpaired) electrons. The molecule has 6 nitrogen and oxygen atoms in total. The van der Waals surface area contributed by atoms with Crippen LogP contribution >= 0.6 is 0 Å². The summed E-state index contributed by atoms with van der Waals surface area (Å²) in [6.07, 6.45) is 1.66. The van der Waals surface area contributed by atoms with Gasteiger partial charge in [0, 0.05) is 29.3 Å². The number of fused-ring (bicyclic) bond motifs is 2. The molecule has 0 amide bonds. The van der Waals surface area contributed by atoms with Gasteiger partial charge in [-0.2, -0.15) is 0 Å². The molecule has 6 heteroatoms. The zero-order valence-corrected chi connectivity index (χ0v) is 16.4. The molecule has 2 aromatic carbocycles. The number of aromatic hydroxyl groups is 1. The second-order valence-electron chi connectivity index (χ2n) is 6.97.